The number of carbonyl (C=O) groups is 2. The third-order valence-corrected chi connectivity index (χ3v) is 6.03. The van der Waals surface area contributed by atoms with E-state index >= 15 is 0 Å². The van der Waals surface area contributed by atoms with E-state index in [-0.39, 0.29) is 11.3 Å². The van der Waals surface area contributed by atoms with E-state index in [2.05, 4.69) is 0 Å². The van der Waals surface area contributed by atoms with Gasteiger partial charge in [-0.15, -0.1) is 11.3 Å². The first-order valence-corrected chi connectivity index (χ1v) is 9.84. The number of carbonyl (C=O) groups excluding carboxylic acids is 2. The van der Waals surface area contributed by atoms with Crippen LogP contribution in [-0.4, -0.2) is 16.8 Å². The third kappa shape index (κ3) is 2.94. The minimum Gasteiger partial charge on any atom is -0.507 e. The number of aryl methyl sites for hydroxylation is 2. The lowest BCUT2D eigenvalue weighted by atomic mass is 9.98. The molecule has 0 saturated carbocycles. The SMILES string of the molecule is Cc1ccc(N2C(=O)C(=O)/C(=C(\O)c3ccccc3)C2c2sccc2C)cc1. The number of hydrogen-bond acceptors (Lipinski definition) is 4. The number of hydrogen-bond donors (Lipinski definition) is 1. The number of anilines is 1. The summed E-state index contributed by atoms with van der Waals surface area (Å²) in [6, 6.07) is 17.7. The second-order valence-electron chi connectivity index (χ2n) is 6.84. The molecule has 1 unspecified atom stereocenters. The zero-order valence-electron chi connectivity index (χ0n) is 15.5. The molecule has 1 aliphatic heterocycles. The number of ketones is 1. The Morgan fingerprint density at radius 1 is 0.964 bits per heavy atom. The van der Waals surface area contributed by atoms with Crippen LogP contribution in [0, 0.1) is 13.8 Å². The highest BCUT2D eigenvalue weighted by Gasteiger charge is 2.47. The van der Waals surface area contributed by atoms with Gasteiger partial charge in [0.25, 0.3) is 11.7 Å². The molecule has 0 radical (unpaired) electrons. The van der Waals surface area contributed by atoms with Gasteiger partial charge in [0.05, 0.1) is 5.57 Å². The second kappa shape index (κ2) is 7.09. The molecule has 4 rings (SSSR count). The smallest absolute Gasteiger partial charge is 0.300 e. The lowest BCUT2D eigenvalue weighted by Crippen LogP contribution is -2.29. The van der Waals surface area contributed by atoms with Crippen LogP contribution in [0.1, 0.15) is 27.6 Å². The largest absolute Gasteiger partial charge is 0.507 e. The minimum absolute atomic E-state index is 0.127. The summed E-state index contributed by atoms with van der Waals surface area (Å²) in [6.07, 6.45) is 0. The van der Waals surface area contributed by atoms with Crippen molar-refractivity contribution in [1.82, 2.24) is 0 Å². The number of aliphatic hydroxyl groups excluding tert-OH is 1. The maximum atomic E-state index is 13.0. The average Bonchev–Trinajstić information content (AvgIpc) is 3.24. The van der Waals surface area contributed by atoms with E-state index in [1.54, 1.807) is 24.3 Å². The maximum absolute atomic E-state index is 13.0. The lowest BCUT2D eigenvalue weighted by Gasteiger charge is -2.25. The van der Waals surface area contributed by atoms with Gasteiger partial charge >= 0.3 is 0 Å². The molecule has 0 spiro atoms. The fourth-order valence-corrected chi connectivity index (χ4v) is 4.49. The molecule has 28 heavy (non-hydrogen) atoms. The van der Waals surface area contributed by atoms with E-state index < -0.39 is 17.7 Å². The number of aliphatic hydroxyl groups is 1. The van der Waals surface area contributed by atoms with Gasteiger partial charge in [0, 0.05) is 16.1 Å². The molecule has 1 fully saturated rings. The van der Waals surface area contributed by atoms with Gasteiger partial charge in [0.15, 0.2) is 0 Å². The van der Waals surface area contributed by atoms with Crippen molar-refractivity contribution in [3.63, 3.8) is 0 Å². The maximum Gasteiger partial charge on any atom is 0.300 e. The normalized spacial score (nSPS) is 18.6. The molecule has 3 aromatic rings. The summed E-state index contributed by atoms with van der Waals surface area (Å²) in [6.45, 7) is 3.91. The molecular formula is C23H19NO3S. The number of amides is 1. The Morgan fingerprint density at radius 2 is 1.64 bits per heavy atom. The summed E-state index contributed by atoms with van der Waals surface area (Å²) in [4.78, 5) is 28.3. The number of Topliss-reactive ketones (excluding diaryl/α,β-unsaturated/α-hetero) is 1. The molecule has 0 aliphatic carbocycles. The Bertz CT molecular complexity index is 1080. The first-order valence-electron chi connectivity index (χ1n) is 8.96. The quantitative estimate of drug-likeness (QED) is 0.390. The van der Waals surface area contributed by atoms with Crippen molar-refractivity contribution in [2.75, 3.05) is 4.90 Å². The Labute approximate surface area is 167 Å². The Kier molecular flexibility index (Phi) is 4.61. The van der Waals surface area contributed by atoms with E-state index in [4.69, 9.17) is 0 Å². The standard InChI is InChI=1S/C23H19NO3S/c1-14-8-10-17(11-9-14)24-19(22-15(2)12-13-28-22)18(21(26)23(24)27)20(25)16-6-4-3-5-7-16/h3-13,19,25H,1-2H3/b20-18-. The van der Waals surface area contributed by atoms with Gasteiger partial charge in [-0.05, 0) is 43.0 Å². The van der Waals surface area contributed by atoms with Gasteiger partial charge in [-0.3, -0.25) is 14.5 Å². The zero-order chi connectivity index (χ0) is 19.8. The highest BCUT2D eigenvalue weighted by atomic mass is 32.1. The topological polar surface area (TPSA) is 57.6 Å². The minimum atomic E-state index is -0.667. The van der Waals surface area contributed by atoms with Crippen molar-refractivity contribution in [2.24, 2.45) is 0 Å². The van der Waals surface area contributed by atoms with E-state index in [9.17, 15) is 14.7 Å². The van der Waals surface area contributed by atoms with Crippen molar-refractivity contribution in [3.8, 4) is 0 Å². The molecular weight excluding hydrogens is 370 g/mol. The van der Waals surface area contributed by atoms with Crippen molar-refractivity contribution >= 4 is 34.5 Å². The van der Waals surface area contributed by atoms with Crippen LogP contribution < -0.4 is 4.90 Å². The Balaban J connectivity index is 1.95. The van der Waals surface area contributed by atoms with E-state index in [0.29, 0.717) is 11.3 Å². The Hall–Kier alpha value is -3.18. The van der Waals surface area contributed by atoms with Gasteiger partial charge in [0.1, 0.15) is 11.8 Å². The van der Waals surface area contributed by atoms with Crippen LogP contribution >= 0.6 is 11.3 Å². The molecule has 140 valence electrons. The number of thiophene rings is 1. The Morgan fingerprint density at radius 3 is 2.25 bits per heavy atom. The zero-order valence-corrected chi connectivity index (χ0v) is 16.4. The lowest BCUT2D eigenvalue weighted by molar-refractivity contribution is -0.132. The summed E-state index contributed by atoms with van der Waals surface area (Å²) in [5.41, 5.74) is 3.32. The fourth-order valence-electron chi connectivity index (χ4n) is 3.47. The number of rotatable bonds is 3. The molecule has 2 aromatic carbocycles. The van der Waals surface area contributed by atoms with E-state index in [0.717, 1.165) is 16.0 Å². The van der Waals surface area contributed by atoms with Crippen molar-refractivity contribution < 1.29 is 14.7 Å². The second-order valence-corrected chi connectivity index (χ2v) is 7.79. The molecule has 0 bridgehead atoms. The highest BCUT2D eigenvalue weighted by molar-refractivity contribution is 7.10. The molecule has 1 amide bonds. The van der Waals surface area contributed by atoms with Gasteiger partial charge < -0.3 is 5.11 Å². The molecule has 1 aromatic heterocycles. The van der Waals surface area contributed by atoms with Crippen LogP contribution in [0.25, 0.3) is 5.76 Å². The molecule has 4 nitrogen and oxygen atoms in total. The van der Waals surface area contributed by atoms with Gasteiger partial charge in [0.2, 0.25) is 0 Å². The first-order chi connectivity index (χ1) is 13.5. The summed E-state index contributed by atoms with van der Waals surface area (Å²) >= 11 is 1.48. The monoisotopic (exact) mass is 389 g/mol. The molecule has 1 N–H and O–H groups in total. The van der Waals surface area contributed by atoms with E-state index in [1.807, 2.05) is 55.6 Å². The summed E-state index contributed by atoms with van der Waals surface area (Å²) in [7, 11) is 0. The summed E-state index contributed by atoms with van der Waals surface area (Å²) < 4.78 is 0. The van der Waals surface area contributed by atoms with Crippen LogP contribution in [0.5, 0.6) is 0 Å². The predicted molar refractivity (Wildman–Crippen MR) is 111 cm³/mol. The molecule has 5 heteroatoms. The average molecular weight is 389 g/mol. The first kappa shape index (κ1) is 18.2. The summed E-state index contributed by atoms with van der Waals surface area (Å²) in [5, 5.41) is 12.9. The van der Waals surface area contributed by atoms with Crippen LogP contribution in [0.4, 0.5) is 5.69 Å². The van der Waals surface area contributed by atoms with Crippen molar-refractivity contribution in [2.45, 2.75) is 19.9 Å². The van der Waals surface area contributed by atoms with Gasteiger partial charge in [-0.2, -0.15) is 0 Å². The third-order valence-electron chi connectivity index (χ3n) is 4.95. The molecule has 1 saturated heterocycles. The van der Waals surface area contributed by atoms with Crippen LogP contribution in [0.2, 0.25) is 0 Å². The molecule has 1 aliphatic rings. The van der Waals surface area contributed by atoms with Crippen LogP contribution in [-0.2, 0) is 9.59 Å². The van der Waals surface area contributed by atoms with E-state index in [1.165, 1.54) is 16.2 Å². The van der Waals surface area contributed by atoms with Crippen LogP contribution in [0.15, 0.2) is 71.6 Å². The van der Waals surface area contributed by atoms with Gasteiger partial charge in [-0.25, -0.2) is 0 Å². The molecule has 2 heterocycles. The molecule has 1 atom stereocenters. The number of nitrogens with zero attached hydrogens (tertiary/aromatic N) is 1. The summed E-state index contributed by atoms with van der Waals surface area (Å²) in [5.74, 6) is -1.44. The fraction of sp³-hybridized carbons (Fsp3) is 0.130. The van der Waals surface area contributed by atoms with Gasteiger partial charge in [-0.1, -0.05) is 48.0 Å². The highest BCUT2D eigenvalue weighted by Crippen LogP contribution is 2.44. The predicted octanol–water partition coefficient (Wildman–Crippen LogP) is 4.99. The van der Waals surface area contributed by atoms with Crippen molar-refractivity contribution in [3.05, 3.63) is 93.2 Å². The van der Waals surface area contributed by atoms with Crippen molar-refractivity contribution in [1.29, 1.82) is 0 Å². The van der Waals surface area contributed by atoms with Crippen LogP contribution in [0.3, 0.4) is 0 Å². The number of benzene rings is 2.